The van der Waals surface area contributed by atoms with E-state index in [2.05, 4.69) is 0 Å². The van der Waals surface area contributed by atoms with Crippen molar-refractivity contribution in [3.05, 3.63) is 0 Å². The molecule has 0 atom stereocenters. The van der Waals surface area contributed by atoms with Crippen LogP contribution in [-0.2, 0) is 16.5 Å². The molecule has 0 aromatic rings. The molecule has 4 heavy (non-hydrogen) atoms. The average Bonchev–Trinajstić information content (AvgIpc) is 0. The second kappa shape index (κ2) is 24.4. The van der Waals surface area contributed by atoms with E-state index in [1.54, 1.807) is 0 Å². The summed E-state index contributed by atoms with van der Waals surface area (Å²) in [6.07, 6.45) is 0. The Balaban J connectivity index is 0. The molecule has 0 bridgehead atoms. The standard InChI is InChI=1S/CH4.Ni.Si.Sn/h1H4;;;. The summed E-state index contributed by atoms with van der Waals surface area (Å²) in [5, 5.41) is 0. The Labute approximate surface area is 58.6 Å². The summed E-state index contributed by atoms with van der Waals surface area (Å²) < 4.78 is 0. The molecule has 0 saturated heterocycles. The molecule has 26 valence electrons. The monoisotopic (exact) mass is 222 g/mol. The summed E-state index contributed by atoms with van der Waals surface area (Å²) in [4.78, 5) is 0. The van der Waals surface area contributed by atoms with E-state index < -0.39 is 0 Å². The first-order chi connectivity index (χ1) is 0. The van der Waals surface area contributed by atoms with Crippen molar-refractivity contribution in [3.8, 4) is 0 Å². The minimum absolute atomic E-state index is 0. The third-order valence-corrected chi connectivity index (χ3v) is 0. The van der Waals surface area contributed by atoms with Gasteiger partial charge in [-0.1, -0.05) is 7.43 Å². The molecule has 0 aliphatic carbocycles. The van der Waals surface area contributed by atoms with Gasteiger partial charge >= 0.3 is 0 Å². The van der Waals surface area contributed by atoms with Gasteiger partial charge in [0.25, 0.3) is 0 Å². The Morgan fingerprint density at radius 1 is 1.00 bits per heavy atom. The Kier molecular flexibility index (Phi) is 300. The maximum atomic E-state index is 0. The fourth-order valence-electron chi connectivity index (χ4n) is 0. The van der Waals surface area contributed by atoms with Crippen LogP contribution in [0.4, 0.5) is 0 Å². The molecular weight excluding hydrogens is 218 g/mol. The predicted molar refractivity (Wildman–Crippen MR) is 18.2 cm³/mol. The van der Waals surface area contributed by atoms with Crippen LogP contribution >= 0.6 is 0 Å². The van der Waals surface area contributed by atoms with Crippen molar-refractivity contribution < 1.29 is 16.5 Å². The van der Waals surface area contributed by atoms with Crippen LogP contribution in [-0.4, -0.2) is 34.9 Å². The molecule has 0 amide bonds. The molecule has 0 fully saturated rings. The molecule has 0 heterocycles. The van der Waals surface area contributed by atoms with Crippen LogP contribution in [0.5, 0.6) is 0 Å². The molecule has 0 aliphatic rings. The Morgan fingerprint density at radius 3 is 1.00 bits per heavy atom. The topological polar surface area (TPSA) is 0 Å². The van der Waals surface area contributed by atoms with Gasteiger partial charge in [-0.15, -0.1) is 0 Å². The first-order valence-corrected chi connectivity index (χ1v) is 0. The molecule has 0 saturated carbocycles. The molecule has 0 aliphatic heterocycles. The zero-order chi connectivity index (χ0) is 0. The first-order valence-electron chi connectivity index (χ1n) is 0. The SMILES string of the molecule is C.[Ni].[Si].[Sn]. The van der Waals surface area contributed by atoms with E-state index in [1.807, 2.05) is 0 Å². The van der Waals surface area contributed by atoms with E-state index in [1.165, 1.54) is 0 Å². The summed E-state index contributed by atoms with van der Waals surface area (Å²) in [7, 11) is 0. The van der Waals surface area contributed by atoms with Gasteiger partial charge in [0, 0.05) is 51.4 Å². The van der Waals surface area contributed by atoms with Gasteiger partial charge in [0.2, 0.25) is 0 Å². The maximum absolute atomic E-state index is 0. The summed E-state index contributed by atoms with van der Waals surface area (Å²) in [5.41, 5.74) is 0. The van der Waals surface area contributed by atoms with Gasteiger partial charge in [0.15, 0.2) is 0 Å². The molecule has 0 N–H and O–H groups in total. The first kappa shape index (κ1) is 49.2. The van der Waals surface area contributed by atoms with Crippen molar-refractivity contribution in [2.24, 2.45) is 0 Å². The van der Waals surface area contributed by atoms with Crippen molar-refractivity contribution >= 4 is 34.9 Å². The number of hydrogen-bond acceptors (Lipinski definition) is 0. The summed E-state index contributed by atoms with van der Waals surface area (Å²) in [5.74, 6) is 0. The Hall–Kier alpha value is 1.51. The molecule has 0 aromatic heterocycles. The van der Waals surface area contributed by atoms with E-state index in [0.717, 1.165) is 0 Å². The molecule has 0 nitrogen and oxygen atoms in total. The van der Waals surface area contributed by atoms with E-state index >= 15 is 0 Å². The van der Waals surface area contributed by atoms with Crippen LogP contribution in [0.2, 0.25) is 0 Å². The predicted octanol–water partition coefficient (Wildman–Crippen LogP) is -0.128. The smallest absolute Gasteiger partial charge is 0 e. The van der Waals surface area contributed by atoms with Gasteiger partial charge in [0.1, 0.15) is 0 Å². The number of rotatable bonds is 0. The van der Waals surface area contributed by atoms with Crippen molar-refractivity contribution in [1.82, 2.24) is 0 Å². The van der Waals surface area contributed by atoms with Gasteiger partial charge in [-0.3, -0.25) is 0 Å². The zero-order valence-corrected chi connectivity index (χ0v) is 6.16. The van der Waals surface area contributed by atoms with Gasteiger partial charge in [-0.2, -0.15) is 0 Å². The van der Waals surface area contributed by atoms with Crippen molar-refractivity contribution in [3.63, 3.8) is 0 Å². The second-order valence-corrected chi connectivity index (χ2v) is 0. The van der Waals surface area contributed by atoms with E-state index in [9.17, 15) is 0 Å². The minimum Gasteiger partial charge on any atom is -0.0776 e. The van der Waals surface area contributed by atoms with Crippen molar-refractivity contribution in [1.29, 1.82) is 0 Å². The van der Waals surface area contributed by atoms with Crippen LogP contribution in [0.25, 0.3) is 0 Å². The Morgan fingerprint density at radius 2 is 1.00 bits per heavy atom. The molecule has 0 rings (SSSR count). The minimum atomic E-state index is 0. The number of hydrogen-bond donors (Lipinski definition) is 0. The zero-order valence-electron chi connectivity index (χ0n) is 1.32. The third kappa shape index (κ3) is 9.70. The average molecular weight is 222 g/mol. The van der Waals surface area contributed by atoms with Crippen LogP contribution in [0.3, 0.4) is 0 Å². The van der Waals surface area contributed by atoms with Crippen LogP contribution in [0.15, 0.2) is 0 Å². The molecule has 0 aromatic carbocycles. The largest absolute Gasteiger partial charge is 0.0776 e. The van der Waals surface area contributed by atoms with Crippen molar-refractivity contribution in [2.75, 3.05) is 0 Å². The molecule has 8 radical (unpaired) electrons. The summed E-state index contributed by atoms with van der Waals surface area (Å²) in [6.45, 7) is 0. The van der Waals surface area contributed by atoms with Crippen LogP contribution in [0, 0.1) is 0 Å². The summed E-state index contributed by atoms with van der Waals surface area (Å²) >= 11 is 0. The Bertz CT molecular complexity index is 8.00. The normalized spacial score (nSPS) is 0. The second-order valence-electron chi connectivity index (χ2n) is 0. The van der Waals surface area contributed by atoms with E-state index in [0.29, 0.717) is 0 Å². The fourth-order valence-corrected chi connectivity index (χ4v) is 0. The van der Waals surface area contributed by atoms with E-state index in [-0.39, 0.29) is 58.8 Å². The molecule has 3 heteroatoms. The van der Waals surface area contributed by atoms with Crippen LogP contribution in [0.1, 0.15) is 7.43 Å². The molecule has 0 unspecified atom stereocenters. The van der Waals surface area contributed by atoms with Crippen LogP contribution < -0.4 is 0 Å². The van der Waals surface area contributed by atoms with Gasteiger partial charge in [-0.25, -0.2) is 0 Å². The third-order valence-electron chi connectivity index (χ3n) is 0. The summed E-state index contributed by atoms with van der Waals surface area (Å²) in [6, 6.07) is 0. The van der Waals surface area contributed by atoms with Gasteiger partial charge < -0.3 is 0 Å². The van der Waals surface area contributed by atoms with Gasteiger partial charge in [0.05, 0.1) is 0 Å². The van der Waals surface area contributed by atoms with Gasteiger partial charge in [-0.05, 0) is 0 Å². The fraction of sp³-hybridized carbons (Fsp3) is 1.00. The molecule has 0 spiro atoms. The van der Waals surface area contributed by atoms with Crippen molar-refractivity contribution in [2.45, 2.75) is 7.43 Å². The quantitative estimate of drug-likeness (QED) is 0.500. The molecular formula is CH4NiSiSn. The maximum Gasteiger partial charge on any atom is 0 e. The van der Waals surface area contributed by atoms with E-state index in [4.69, 9.17) is 0 Å².